The number of likely N-dealkylation sites (tertiary alicyclic amines) is 1. The van der Waals surface area contributed by atoms with Gasteiger partial charge in [0.1, 0.15) is 5.82 Å². The topological polar surface area (TPSA) is 58.3 Å². The molecule has 0 bridgehead atoms. The molecule has 8 heteroatoms. The molecule has 6 nitrogen and oxygen atoms in total. The molecule has 0 spiro atoms. The van der Waals surface area contributed by atoms with Crippen LogP contribution in [0, 0.1) is 11.3 Å². The summed E-state index contributed by atoms with van der Waals surface area (Å²) < 4.78 is 2.27. The largest absolute Gasteiger partial charge is 0.356 e. The number of rotatable bonds is 8. The molecule has 28 heavy (non-hydrogen) atoms. The van der Waals surface area contributed by atoms with Crippen LogP contribution in [0.25, 0.3) is 0 Å². The lowest BCUT2D eigenvalue weighted by Gasteiger charge is -2.62. The average molecular weight is 523 g/mol. The number of hydrogen-bond donors (Lipinski definition) is 1. The van der Waals surface area contributed by atoms with Gasteiger partial charge in [0.15, 0.2) is 11.1 Å². The first-order valence-corrected chi connectivity index (χ1v) is 11.4. The summed E-state index contributed by atoms with van der Waals surface area (Å²) >= 11 is 1.67. The highest BCUT2D eigenvalue weighted by atomic mass is 127. The van der Waals surface area contributed by atoms with Crippen LogP contribution in [0.4, 0.5) is 0 Å². The van der Waals surface area contributed by atoms with E-state index in [1.807, 2.05) is 0 Å². The second kappa shape index (κ2) is 10.5. The Kier molecular flexibility index (Phi) is 9.57. The fourth-order valence-electron chi connectivity index (χ4n) is 3.42. The number of halogens is 1. The van der Waals surface area contributed by atoms with Gasteiger partial charge in [-0.2, -0.15) is 0 Å². The Bertz CT molecular complexity index is 653. The molecule has 162 valence electrons. The van der Waals surface area contributed by atoms with Crippen molar-refractivity contribution in [3.63, 3.8) is 0 Å². The second-order valence-electron chi connectivity index (χ2n) is 8.98. The smallest absolute Gasteiger partial charge is 0.194 e. The molecule has 2 rings (SSSR count). The SMILES string of the molecule is CCNC(=NCCCc1nnc(SC)n1CC(C)C)N1CC(C)(C)C1(C)C.I. The van der Waals surface area contributed by atoms with E-state index in [1.165, 1.54) is 0 Å². The van der Waals surface area contributed by atoms with Crippen molar-refractivity contribution in [2.24, 2.45) is 16.3 Å². The van der Waals surface area contributed by atoms with Gasteiger partial charge in [-0.15, -0.1) is 34.2 Å². The van der Waals surface area contributed by atoms with E-state index in [9.17, 15) is 0 Å². The summed E-state index contributed by atoms with van der Waals surface area (Å²) in [6.45, 7) is 19.6. The molecule has 1 aliphatic heterocycles. The monoisotopic (exact) mass is 522 g/mol. The van der Waals surface area contributed by atoms with Crippen molar-refractivity contribution in [1.82, 2.24) is 25.0 Å². The number of aliphatic imine (C=N–C) groups is 1. The van der Waals surface area contributed by atoms with Crippen molar-refractivity contribution in [3.8, 4) is 0 Å². The normalized spacial score (nSPS) is 18.0. The van der Waals surface area contributed by atoms with Crippen LogP contribution in [0.2, 0.25) is 0 Å². The Morgan fingerprint density at radius 1 is 1.25 bits per heavy atom. The molecule has 1 saturated heterocycles. The van der Waals surface area contributed by atoms with E-state index in [0.717, 1.165) is 56.0 Å². The third-order valence-electron chi connectivity index (χ3n) is 5.82. The molecule has 0 unspecified atom stereocenters. The highest BCUT2D eigenvalue weighted by molar-refractivity contribution is 14.0. The van der Waals surface area contributed by atoms with Crippen LogP contribution in [0.1, 0.15) is 60.7 Å². The molecule has 0 aliphatic carbocycles. The predicted molar refractivity (Wildman–Crippen MR) is 131 cm³/mol. The highest BCUT2D eigenvalue weighted by Crippen LogP contribution is 2.46. The molecule has 1 fully saturated rings. The van der Waals surface area contributed by atoms with Crippen LogP contribution >= 0.6 is 35.7 Å². The summed E-state index contributed by atoms with van der Waals surface area (Å²) in [5, 5.41) is 13.2. The van der Waals surface area contributed by atoms with Crippen molar-refractivity contribution >= 4 is 41.7 Å². The molecule has 1 aliphatic rings. The Hall–Kier alpha value is -0.510. The summed E-state index contributed by atoms with van der Waals surface area (Å²) in [5.74, 6) is 2.70. The second-order valence-corrected chi connectivity index (χ2v) is 9.75. The van der Waals surface area contributed by atoms with Gasteiger partial charge in [-0.1, -0.05) is 39.5 Å². The molecule has 1 aromatic heterocycles. The van der Waals surface area contributed by atoms with Gasteiger partial charge in [0, 0.05) is 43.6 Å². The van der Waals surface area contributed by atoms with Gasteiger partial charge in [0.2, 0.25) is 0 Å². The summed E-state index contributed by atoms with van der Waals surface area (Å²) in [5.41, 5.74) is 0.434. The number of guanidine groups is 1. The maximum atomic E-state index is 4.90. The van der Waals surface area contributed by atoms with Crippen molar-refractivity contribution in [2.45, 2.75) is 78.5 Å². The number of aryl methyl sites for hydroxylation is 1. The van der Waals surface area contributed by atoms with Gasteiger partial charge < -0.3 is 14.8 Å². The zero-order valence-electron chi connectivity index (χ0n) is 18.9. The fourth-order valence-corrected chi connectivity index (χ4v) is 3.94. The number of nitrogens with one attached hydrogen (secondary N) is 1. The molecular weight excluding hydrogens is 483 g/mol. The zero-order chi connectivity index (χ0) is 20.2. The van der Waals surface area contributed by atoms with E-state index in [0.29, 0.717) is 11.3 Å². The van der Waals surface area contributed by atoms with E-state index in [4.69, 9.17) is 4.99 Å². The molecule has 0 saturated carbocycles. The Morgan fingerprint density at radius 2 is 1.93 bits per heavy atom. The summed E-state index contributed by atoms with van der Waals surface area (Å²) in [7, 11) is 0. The van der Waals surface area contributed by atoms with Crippen LogP contribution in [0.5, 0.6) is 0 Å². The minimum absolute atomic E-state index is 0. The van der Waals surface area contributed by atoms with Gasteiger partial charge >= 0.3 is 0 Å². The molecule has 0 atom stereocenters. The fraction of sp³-hybridized carbons (Fsp3) is 0.850. The molecule has 0 amide bonds. The minimum atomic E-state index is 0. The number of hydrogen-bond acceptors (Lipinski definition) is 4. The third-order valence-corrected chi connectivity index (χ3v) is 6.49. The summed E-state index contributed by atoms with van der Waals surface area (Å²) in [4.78, 5) is 7.30. The van der Waals surface area contributed by atoms with Gasteiger partial charge in [0.25, 0.3) is 0 Å². The van der Waals surface area contributed by atoms with E-state index in [1.54, 1.807) is 11.8 Å². The lowest BCUT2D eigenvalue weighted by atomic mass is 9.65. The van der Waals surface area contributed by atoms with Crippen LogP contribution in [-0.4, -0.2) is 57.1 Å². The first-order valence-electron chi connectivity index (χ1n) is 10.2. The molecule has 0 aromatic carbocycles. The Balaban J connectivity index is 0.00000392. The first-order chi connectivity index (χ1) is 12.6. The third kappa shape index (κ3) is 5.55. The molecule has 1 N–H and O–H groups in total. The van der Waals surface area contributed by atoms with E-state index in [-0.39, 0.29) is 29.5 Å². The molecule has 1 aromatic rings. The van der Waals surface area contributed by atoms with E-state index in [2.05, 4.69) is 79.7 Å². The maximum absolute atomic E-state index is 4.90. The van der Waals surface area contributed by atoms with Gasteiger partial charge in [-0.3, -0.25) is 4.99 Å². The summed E-state index contributed by atoms with van der Waals surface area (Å²) in [6.07, 6.45) is 3.96. The van der Waals surface area contributed by atoms with Crippen LogP contribution < -0.4 is 5.32 Å². The molecule has 0 radical (unpaired) electrons. The van der Waals surface area contributed by atoms with Gasteiger partial charge in [0.05, 0.1) is 0 Å². The van der Waals surface area contributed by atoms with Crippen molar-refractivity contribution in [3.05, 3.63) is 5.82 Å². The lowest BCUT2D eigenvalue weighted by Crippen LogP contribution is -2.72. The highest BCUT2D eigenvalue weighted by Gasteiger charge is 2.53. The number of nitrogens with zero attached hydrogens (tertiary/aromatic N) is 5. The first kappa shape index (κ1) is 25.5. The standard InChI is InChI=1S/C20H38N6S.HI/c1-9-21-17(26-14-19(4,5)20(26,6)7)22-12-10-11-16-23-24-18(27-8)25(16)13-15(2)3;/h15H,9-14H2,1-8H3,(H,21,22);1H. The lowest BCUT2D eigenvalue weighted by molar-refractivity contribution is -0.0667. The number of aromatic nitrogens is 3. The average Bonchev–Trinajstić information content (AvgIpc) is 2.97. The minimum Gasteiger partial charge on any atom is -0.356 e. The van der Waals surface area contributed by atoms with Crippen molar-refractivity contribution < 1.29 is 0 Å². The maximum Gasteiger partial charge on any atom is 0.194 e. The van der Waals surface area contributed by atoms with E-state index < -0.39 is 0 Å². The van der Waals surface area contributed by atoms with Gasteiger partial charge in [-0.05, 0) is 39.4 Å². The van der Waals surface area contributed by atoms with E-state index >= 15 is 0 Å². The predicted octanol–water partition coefficient (Wildman–Crippen LogP) is 4.29. The Labute approximate surface area is 192 Å². The molecular formula is C20H39IN6S. The zero-order valence-corrected chi connectivity index (χ0v) is 22.0. The van der Waals surface area contributed by atoms with Gasteiger partial charge in [-0.25, -0.2) is 0 Å². The number of thioether (sulfide) groups is 1. The van der Waals surface area contributed by atoms with Crippen molar-refractivity contribution in [1.29, 1.82) is 0 Å². The van der Waals surface area contributed by atoms with Crippen LogP contribution in [0.15, 0.2) is 10.1 Å². The van der Waals surface area contributed by atoms with Crippen LogP contribution in [-0.2, 0) is 13.0 Å². The quantitative estimate of drug-likeness (QED) is 0.182. The Morgan fingerprint density at radius 3 is 2.43 bits per heavy atom. The van der Waals surface area contributed by atoms with Crippen molar-refractivity contribution in [2.75, 3.05) is 25.9 Å². The molecule has 2 heterocycles. The van der Waals surface area contributed by atoms with Crippen LogP contribution in [0.3, 0.4) is 0 Å². The summed E-state index contributed by atoms with van der Waals surface area (Å²) in [6, 6.07) is 0.